The molecule has 0 heterocycles. The first kappa shape index (κ1) is 12.6. The Labute approximate surface area is 101 Å². The van der Waals surface area contributed by atoms with Gasteiger partial charge in [-0.2, -0.15) is 13.2 Å². The molecule has 0 N–H and O–H groups in total. The Morgan fingerprint density at radius 3 is 2.61 bits per heavy atom. The molecular formula is C12H9F3O3. The van der Waals surface area contributed by atoms with E-state index in [0.29, 0.717) is 11.3 Å². The molecule has 1 aromatic rings. The summed E-state index contributed by atoms with van der Waals surface area (Å²) in [5, 5.41) is 0. The normalized spacial score (nSPS) is 18.7. The molecule has 1 atom stereocenters. The molecule has 18 heavy (non-hydrogen) atoms. The van der Waals surface area contributed by atoms with Crippen molar-refractivity contribution in [3.05, 3.63) is 29.3 Å². The lowest BCUT2D eigenvalue weighted by molar-refractivity contribution is -0.173. The minimum absolute atomic E-state index is 0.165. The molecule has 0 aliphatic heterocycles. The summed E-state index contributed by atoms with van der Waals surface area (Å²) in [6.45, 7) is 0. The molecule has 3 nitrogen and oxygen atoms in total. The van der Waals surface area contributed by atoms with Crippen molar-refractivity contribution < 1.29 is 27.5 Å². The van der Waals surface area contributed by atoms with Crippen LogP contribution in [-0.2, 0) is 11.2 Å². The van der Waals surface area contributed by atoms with Crippen LogP contribution >= 0.6 is 0 Å². The maximum absolute atomic E-state index is 12.3. The minimum atomic E-state index is -4.98. The van der Waals surface area contributed by atoms with Crippen molar-refractivity contribution in [2.75, 3.05) is 7.11 Å². The Kier molecular flexibility index (Phi) is 2.88. The molecule has 0 radical (unpaired) electrons. The van der Waals surface area contributed by atoms with E-state index in [0.717, 1.165) is 0 Å². The van der Waals surface area contributed by atoms with Crippen molar-refractivity contribution in [3.63, 3.8) is 0 Å². The van der Waals surface area contributed by atoms with Gasteiger partial charge in [0.2, 0.25) is 5.78 Å². The highest BCUT2D eigenvalue weighted by Gasteiger charge is 2.48. The monoisotopic (exact) mass is 258 g/mol. The standard InChI is InChI=1S/C12H9F3O3/c1-18-7-2-3-8-6(4-7)5-9(10(8)16)11(17)12(13,14)15/h2-4,9H,5H2,1H3. The van der Waals surface area contributed by atoms with Gasteiger partial charge in [-0.25, -0.2) is 0 Å². The minimum Gasteiger partial charge on any atom is -0.497 e. The number of alkyl halides is 3. The molecular weight excluding hydrogens is 249 g/mol. The summed E-state index contributed by atoms with van der Waals surface area (Å²) in [5.74, 6) is -3.95. The van der Waals surface area contributed by atoms with E-state index in [4.69, 9.17) is 4.74 Å². The fourth-order valence-electron chi connectivity index (χ4n) is 2.02. The Hall–Kier alpha value is -1.85. The van der Waals surface area contributed by atoms with E-state index in [1.807, 2.05) is 0 Å². The Morgan fingerprint density at radius 2 is 2.06 bits per heavy atom. The van der Waals surface area contributed by atoms with Gasteiger partial charge in [-0.05, 0) is 30.2 Å². The molecule has 1 aliphatic carbocycles. The summed E-state index contributed by atoms with van der Waals surface area (Å²) in [6, 6.07) is 4.36. The van der Waals surface area contributed by atoms with Gasteiger partial charge in [0.15, 0.2) is 5.78 Å². The Bertz CT molecular complexity index is 520. The van der Waals surface area contributed by atoms with Crippen LogP contribution in [0.2, 0.25) is 0 Å². The number of hydrogen-bond donors (Lipinski definition) is 0. The van der Waals surface area contributed by atoms with Crippen LogP contribution in [0.25, 0.3) is 0 Å². The molecule has 0 bridgehead atoms. The zero-order valence-corrected chi connectivity index (χ0v) is 9.38. The lowest BCUT2D eigenvalue weighted by Gasteiger charge is -2.09. The van der Waals surface area contributed by atoms with Gasteiger partial charge in [0.1, 0.15) is 5.75 Å². The molecule has 0 fully saturated rings. The van der Waals surface area contributed by atoms with E-state index in [2.05, 4.69) is 0 Å². The molecule has 1 aliphatic rings. The van der Waals surface area contributed by atoms with Gasteiger partial charge >= 0.3 is 6.18 Å². The third kappa shape index (κ3) is 1.98. The van der Waals surface area contributed by atoms with Crippen LogP contribution in [0.1, 0.15) is 15.9 Å². The summed E-state index contributed by atoms with van der Waals surface area (Å²) >= 11 is 0. The maximum Gasteiger partial charge on any atom is 0.450 e. The number of halogens is 3. The van der Waals surface area contributed by atoms with Gasteiger partial charge in [0, 0.05) is 5.56 Å². The predicted octanol–water partition coefficient (Wildman–Crippen LogP) is 2.18. The van der Waals surface area contributed by atoms with Crippen LogP contribution in [0.4, 0.5) is 13.2 Å². The van der Waals surface area contributed by atoms with Crippen molar-refractivity contribution in [3.8, 4) is 5.75 Å². The highest BCUT2D eigenvalue weighted by Crippen LogP contribution is 2.34. The molecule has 96 valence electrons. The zero-order valence-electron chi connectivity index (χ0n) is 9.38. The average molecular weight is 258 g/mol. The van der Waals surface area contributed by atoms with E-state index >= 15 is 0 Å². The van der Waals surface area contributed by atoms with Crippen LogP contribution in [-0.4, -0.2) is 24.9 Å². The molecule has 1 aromatic carbocycles. The second-order valence-electron chi connectivity index (χ2n) is 4.01. The van der Waals surface area contributed by atoms with E-state index < -0.39 is 23.7 Å². The average Bonchev–Trinajstić information content (AvgIpc) is 2.64. The van der Waals surface area contributed by atoms with Gasteiger partial charge in [-0.3, -0.25) is 9.59 Å². The van der Waals surface area contributed by atoms with Crippen LogP contribution in [0.5, 0.6) is 5.75 Å². The lowest BCUT2D eigenvalue weighted by Crippen LogP contribution is -2.33. The van der Waals surface area contributed by atoms with E-state index in [-0.39, 0.29) is 12.0 Å². The van der Waals surface area contributed by atoms with Gasteiger partial charge in [0.25, 0.3) is 0 Å². The summed E-state index contributed by atoms with van der Waals surface area (Å²) in [5.41, 5.74) is 0.584. The quantitative estimate of drug-likeness (QED) is 0.764. The first-order valence-corrected chi connectivity index (χ1v) is 5.16. The van der Waals surface area contributed by atoms with Crippen molar-refractivity contribution in [1.29, 1.82) is 0 Å². The molecule has 0 saturated heterocycles. The number of carbonyl (C=O) groups is 2. The molecule has 0 spiro atoms. The third-order valence-corrected chi connectivity index (χ3v) is 2.91. The lowest BCUT2D eigenvalue weighted by atomic mass is 9.99. The summed E-state index contributed by atoms with van der Waals surface area (Å²) in [4.78, 5) is 22.8. The van der Waals surface area contributed by atoms with Crippen molar-refractivity contribution in [2.24, 2.45) is 5.92 Å². The summed E-state index contributed by atoms with van der Waals surface area (Å²) in [6.07, 6.45) is -5.20. The highest BCUT2D eigenvalue weighted by atomic mass is 19.4. The molecule has 1 unspecified atom stereocenters. The van der Waals surface area contributed by atoms with Crippen molar-refractivity contribution >= 4 is 11.6 Å². The molecule has 2 rings (SSSR count). The van der Waals surface area contributed by atoms with Gasteiger partial charge < -0.3 is 4.74 Å². The van der Waals surface area contributed by atoms with E-state index in [1.54, 1.807) is 0 Å². The first-order valence-electron chi connectivity index (χ1n) is 5.16. The number of ether oxygens (including phenoxy) is 1. The maximum atomic E-state index is 12.3. The third-order valence-electron chi connectivity index (χ3n) is 2.91. The fraction of sp³-hybridized carbons (Fsp3) is 0.333. The Balaban J connectivity index is 2.33. The second-order valence-corrected chi connectivity index (χ2v) is 4.01. The summed E-state index contributed by atoms with van der Waals surface area (Å²) < 4.78 is 41.9. The first-order chi connectivity index (χ1) is 8.34. The summed E-state index contributed by atoms with van der Waals surface area (Å²) in [7, 11) is 1.41. The molecule has 6 heteroatoms. The number of Topliss-reactive ketones (excluding diaryl/α,β-unsaturated/α-hetero) is 2. The fourth-order valence-corrected chi connectivity index (χ4v) is 2.02. The number of hydrogen-bond acceptors (Lipinski definition) is 3. The number of benzene rings is 1. The van der Waals surface area contributed by atoms with Gasteiger partial charge in [-0.15, -0.1) is 0 Å². The van der Waals surface area contributed by atoms with E-state index in [9.17, 15) is 22.8 Å². The number of methoxy groups -OCH3 is 1. The number of fused-ring (bicyclic) bond motifs is 1. The topological polar surface area (TPSA) is 43.4 Å². The number of ketones is 2. The van der Waals surface area contributed by atoms with E-state index in [1.165, 1.54) is 25.3 Å². The Morgan fingerprint density at radius 1 is 1.39 bits per heavy atom. The van der Waals surface area contributed by atoms with Gasteiger partial charge in [-0.1, -0.05) is 0 Å². The van der Waals surface area contributed by atoms with Crippen molar-refractivity contribution in [2.45, 2.75) is 12.6 Å². The molecule has 0 amide bonds. The highest BCUT2D eigenvalue weighted by molar-refractivity contribution is 6.15. The molecule has 0 saturated carbocycles. The van der Waals surface area contributed by atoms with Crippen LogP contribution in [0, 0.1) is 5.92 Å². The number of rotatable bonds is 2. The smallest absolute Gasteiger partial charge is 0.450 e. The largest absolute Gasteiger partial charge is 0.497 e. The van der Waals surface area contributed by atoms with Crippen LogP contribution < -0.4 is 4.74 Å². The van der Waals surface area contributed by atoms with Crippen molar-refractivity contribution in [1.82, 2.24) is 0 Å². The van der Waals surface area contributed by atoms with Crippen LogP contribution in [0.3, 0.4) is 0 Å². The van der Waals surface area contributed by atoms with Gasteiger partial charge in [0.05, 0.1) is 13.0 Å². The van der Waals surface area contributed by atoms with Crippen LogP contribution in [0.15, 0.2) is 18.2 Å². The predicted molar refractivity (Wildman–Crippen MR) is 55.6 cm³/mol. The zero-order chi connectivity index (χ0) is 13.5. The second kappa shape index (κ2) is 4.12. The SMILES string of the molecule is COc1ccc2c(c1)CC(C(=O)C(F)(F)F)C2=O. The number of carbonyl (C=O) groups excluding carboxylic acids is 2. The molecule has 0 aromatic heterocycles.